The summed E-state index contributed by atoms with van der Waals surface area (Å²) >= 11 is 0. The molecule has 25 heavy (non-hydrogen) atoms. The molecule has 0 heterocycles. The molecule has 1 unspecified atom stereocenters. The van der Waals surface area contributed by atoms with Gasteiger partial charge in [-0.2, -0.15) is 0 Å². The van der Waals surface area contributed by atoms with Gasteiger partial charge in [0.05, 0.1) is 19.1 Å². The normalized spacial score (nSPS) is 26.6. The molecule has 0 N–H and O–H groups in total. The van der Waals surface area contributed by atoms with Gasteiger partial charge in [-0.25, -0.2) is 0 Å². The maximum Gasteiger partial charge on any atom is 0.309 e. The van der Waals surface area contributed by atoms with E-state index in [2.05, 4.69) is 39.0 Å². The van der Waals surface area contributed by atoms with Crippen LogP contribution in [-0.4, -0.2) is 19.2 Å². The molecule has 1 aromatic carbocycles. The van der Waals surface area contributed by atoms with Crippen molar-refractivity contribution in [3.63, 3.8) is 0 Å². The molecule has 0 aromatic heterocycles. The lowest BCUT2D eigenvalue weighted by Gasteiger charge is -2.37. The number of hydrogen-bond donors (Lipinski definition) is 0. The van der Waals surface area contributed by atoms with Gasteiger partial charge < -0.3 is 9.47 Å². The fourth-order valence-corrected chi connectivity index (χ4v) is 4.41. The minimum Gasteiger partial charge on any atom is -0.490 e. The summed E-state index contributed by atoms with van der Waals surface area (Å²) in [6.45, 7) is 7.05. The molecule has 1 fully saturated rings. The predicted molar refractivity (Wildman–Crippen MR) is 99.8 cm³/mol. The Kier molecular flexibility index (Phi) is 5.41. The molecule has 138 valence electrons. The van der Waals surface area contributed by atoms with Gasteiger partial charge in [0, 0.05) is 0 Å². The number of fused-ring (bicyclic) bond motifs is 1. The second-order valence-corrected chi connectivity index (χ2v) is 8.85. The second kappa shape index (κ2) is 7.39. The van der Waals surface area contributed by atoms with Gasteiger partial charge in [0.25, 0.3) is 0 Å². The first kappa shape index (κ1) is 18.3. The van der Waals surface area contributed by atoms with Crippen LogP contribution in [0.5, 0.6) is 5.75 Å². The third-order valence-electron chi connectivity index (χ3n) is 6.14. The standard InChI is InChI=1S/C22H32O3/c1-22(2,3)18-8-11-19(12-9-18)25-20-10-7-15-13-17(21(23)24-4)6-5-16(15)14-20/h7,10,14,17-19H,5-6,8-9,11-13H2,1-4H3/t17?,18-,19-. The fraction of sp³-hybridized carbons (Fsp3) is 0.682. The molecule has 0 bridgehead atoms. The molecule has 0 aliphatic heterocycles. The predicted octanol–water partition coefficient (Wildman–Crippen LogP) is 4.95. The van der Waals surface area contributed by atoms with E-state index in [1.54, 1.807) is 0 Å². The summed E-state index contributed by atoms with van der Waals surface area (Å²) in [7, 11) is 1.48. The number of hydrogen-bond acceptors (Lipinski definition) is 3. The van der Waals surface area contributed by atoms with Crippen molar-refractivity contribution in [3.05, 3.63) is 29.3 Å². The SMILES string of the molecule is COC(=O)C1CCc2cc(O[C@H]3CC[C@H](C(C)(C)C)CC3)ccc2C1. The molecule has 2 aliphatic carbocycles. The van der Waals surface area contributed by atoms with Crippen LogP contribution in [0.1, 0.15) is 64.0 Å². The Hall–Kier alpha value is -1.51. The number of methoxy groups -OCH3 is 1. The fourth-order valence-electron chi connectivity index (χ4n) is 4.41. The Bertz CT molecular complexity index is 606. The quantitative estimate of drug-likeness (QED) is 0.728. The topological polar surface area (TPSA) is 35.5 Å². The summed E-state index contributed by atoms with van der Waals surface area (Å²) in [6.07, 6.45) is 7.79. The number of aryl methyl sites for hydroxylation is 1. The highest BCUT2D eigenvalue weighted by Gasteiger charge is 2.31. The molecule has 0 amide bonds. The maximum atomic E-state index is 11.8. The zero-order valence-electron chi connectivity index (χ0n) is 16.1. The lowest BCUT2D eigenvalue weighted by Crippen LogP contribution is -2.30. The summed E-state index contributed by atoms with van der Waals surface area (Å²) < 4.78 is 11.2. The van der Waals surface area contributed by atoms with Crippen molar-refractivity contribution >= 4 is 5.97 Å². The molecule has 0 radical (unpaired) electrons. The highest BCUT2D eigenvalue weighted by atomic mass is 16.5. The molecular weight excluding hydrogens is 312 g/mol. The number of carbonyl (C=O) groups excluding carboxylic acids is 1. The average Bonchev–Trinajstić information content (AvgIpc) is 2.60. The molecular formula is C22H32O3. The van der Waals surface area contributed by atoms with E-state index in [9.17, 15) is 4.79 Å². The largest absolute Gasteiger partial charge is 0.490 e. The minimum atomic E-state index is -0.0819. The average molecular weight is 344 g/mol. The third kappa shape index (κ3) is 4.37. The number of carbonyl (C=O) groups is 1. The number of rotatable bonds is 3. The highest BCUT2D eigenvalue weighted by Crippen LogP contribution is 2.39. The molecule has 2 aliphatic rings. The summed E-state index contributed by atoms with van der Waals surface area (Å²) in [5.74, 6) is 1.74. The van der Waals surface area contributed by atoms with E-state index in [1.165, 1.54) is 31.1 Å². The van der Waals surface area contributed by atoms with Crippen LogP contribution in [0.3, 0.4) is 0 Å². The van der Waals surface area contributed by atoms with E-state index < -0.39 is 0 Å². The monoisotopic (exact) mass is 344 g/mol. The van der Waals surface area contributed by atoms with E-state index in [-0.39, 0.29) is 11.9 Å². The van der Waals surface area contributed by atoms with Gasteiger partial charge in [-0.05, 0) is 79.5 Å². The molecule has 3 heteroatoms. The Labute approximate surface area is 152 Å². The third-order valence-corrected chi connectivity index (χ3v) is 6.14. The van der Waals surface area contributed by atoms with Crippen LogP contribution in [0.4, 0.5) is 0 Å². The van der Waals surface area contributed by atoms with E-state index in [0.717, 1.165) is 43.8 Å². The van der Waals surface area contributed by atoms with E-state index in [4.69, 9.17) is 9.47 Å². The summed E-state index contributed by atoms with van der Waals surface area (Å²) in [5, 5.41) is 0. The van der Waals surface area contributed by atoms with Gasteiger partial charge in [0.15, 0.2) is 0 Å². The molecule has 0 saturated heterocycles. The van der Waals surface area contributed by atoms with Gasteiger partial charge in [0.2, 0.25) is 0 Å². The van der Waals surface area contributed by atoms with Crippen LogP contribution >= 0.6 is 0 Å². The van der Waals surface area contributed by atoms with Crippen LogP contribution < -0.4 is 4.74 Å². The molecule has 0 spiro atoms. The van der Waals surface area contributed by atoms with Gasteiger partial charge in [-0.1, -0.05) is 26.8 Å². The van der Waals surface area contributed by atoms with Crippen molar-refractivity contribution in [3.8, 4) is 5.75 Å². The smallest absolute Gasteiger partial charge is 0.309 e. The highest BCUT2D eigenvalue weighted by molar-refractivity contribution is 5.73. The van der Waals surface area contributed by atoms with Gasteiger partial charge >= 0.3 is 5.97 Å². The van der Waals surface area contributed by atoms with Crippen molar-refractivity contribution < 1.29 is 14.3 Å². The van der Waals surface area contributed by atoms with Gasteiger partial charge in [-0.15, -0.1) is 0 Å². The van der Waals surface area contributed by atoms with Crippen LogP contribution in [0.25, 0.3) is 0 Å². The van der Waals surface area contributed by atoms with Crippen molar-refractivity contribution in [2.75, 3.05) is 7.11 Å². The Balaban J connectivity index is 1.58. The van der Waals surface area contributed by atoms with E-state index in [0.29, 0.717) is 11.5 Å². The van der Waals surface area contributed by atoms with Crippen LogP contribution in [0, 0.1) is 17.3 Å². The van der Waals surface area contributed by atoms with Crippen LogP contribution in [-0.2, 0) is 22.4 Å². The Morgan fingerprint density at radius 3 is 2.40 bits per heavy atom. The molecule has 3 rings (SSSR count). The number of ether oxygens (including phenoxy) is 2. The molecule has 3 nitrogen and oxygen atoms in total. The van der Waals surface area contributed by atoms with Crippen molar-refractivity contribution in [2.45, 2.75) is 71.8 Å². The van der Waals surface area contributed by atoms with Crippen LogP contribution in [0.2, 0.25) is 0 Å². The molecule has 1 aromatic rings. The second-order valence-electron chi connectivity index (χ2n) is 8.85. The summed E-state index contributed by atoms with van der Waals surface area (Å²) in [5.41, 5.74) is 3.01. The van der Waals surface area contributed by atoms with E-state index in [1.807, 2.05) is 0 Å². The summed E-state index contributed by atoms with van der Waals surface area (Å²) in [6, 6.07) is 6.41. The minimum absolute atomic E-state index is 0.0111. The number of benzene rings is 1. The Morgan fingerprint density at radius 1 is 1.04 bits per heavy atom. The first-order chi connectivity index (χ1) is 11.9. The lowest BCUT2D eigenvalue weighted by atomic mass is 9.72. The van der Waals surface area contributed by atoms with Gasteiger partial charge in [0.1, 0.15) is 5.75 Å². The van der Waals surface area contributed by atoms with Crippen LogP contribution in [0.15, 0.2) is 18.2 Å². The maximum absolute atomic E-state index is 11.8. The zero-order chi connectivity index (χ0) is 18.0. The van der Waals surface area contributed by atoms with Crippen molar-refractivity contribution in [1.29, 1.82) is 0 Å². The van der Waals surface area contributed by atoms with Gasteiger partial charge in [-0.3, -0.25) is 4.79 Å². The molecule has 1 atom stereocenters. The lowest BCUT2D eigenvalue weighted by molar-refractivity contribution is -0.145. The number of esters is 1. The van der Waals surface area contributed by atoms with Crippen molar-refractivity contribution in [2.24, 2.45) is 17.3 Å². The zero-order valence-corrected chi connectivity index (χ0v) is 16.1. The first-order valence-electron chi connectivity index (χ1n) is 9.73. The first-order valence-corrected chi connectivity index (χ1v) is 9.73. The molecule has 1 saturated carbocycles. The summed E-state index contributed by atoms with van der Waals surface area (Å²) in [4.78, 5) is 11.8. The van der Waals surface area contributed by atoms with E-state index >= 15 is 0 Å². The Morgan fingerprint density at radius 2 is 1.76 bits per heavy atom. The van der Waals surface area contributed by atoms with Crippen molar-refractivity contribution in [1.82, 2.24) is 0 Å².